The van der Waals surface area contributed by atoms with Crippen molar-refractivity contribution in [3.05, 3.63) is 24.3 Å². The van der Waals surface area contributed by atoms with Gasteiger partial charge in [0.2, 0.25) is 5.91 Å². The van der Waals surface area contributed by atoms with Gasteiger partial charge in [0.15, 0.2) is 0 Å². The molecule has 0 fully saturated rings. The van der Waals surface area contributed by atoms with Crippen molar-refractivity contribution in [3.63, 3.8) is 0 Å². The first kappa shape index (κ1) is 54.3. The van der Waals surface area contributed by atoms with Gasteiger partial charge in [-0.1, -0.05) is 212 Å². The summed E-state index contributed by atoms with van der Waals surface area (Å²) in [6, 6.07) is -0.637. The zero-order valence-electron chi connectivity index (χ0n) is 37.4. The molecule has 0 bridgehead atoms. The molecule has 6 heteroatoms. The first-order valence-electron chi connectivity index (χ1n) is 24.6. The molecule has 330 valence electrons. The molecule has 0 heterocycles. The largest absolute Gasteiger partial charge is 0.466 e. The van der Waals surface area contributed by atoms with Crippen molar-refractivity contribution in [1.29, 1.82) is 0 Å². The maximum absolute atomic E-state index is 12.4. The molecule has 2 unspecified atom stereocenters. The second kappa shape index (κ2) is 46.0. The molecule has 56 heavy (non-hydrogen) atoms. The third kappa shape index (κ3) is 42.0. The van der Waals surface area contributed by atoms with E-state index in [4.69, 9.17) is 4.74 Å². The molecule has 0 saturated carbocycles. The van der Waals surface area contributed by atoms with E-state index in [1.807, 2.05) is 6.08 Å². The van der Waals surface area contributed by atoms with E-state index in [0.717, 1.165) is 70.6 Å². The van der Waals surface area contributed by atoms with Gasteiger partial charge in [0.25, 0.3) is 0 Å². The summed E-state index contributed by atoms with van der Waals surface area (Å²) >= 11 is 0. The van der Waals surface area contributed by atoms with Crippen LogP contribution in [0.1, 0.15) is 258 Å². The van der Waals surface area contributed by atoms with Gasteiger partial charge in [-0.25, -0.2) is 0 Å². The standard InChI is InChI=1S/C50H95NO5/c1-3-5-7-9-11-13-15-22-26-30-34-38-42-48(53)47(46-52)51-49(54)43-39-35-31-27-23-20-18-17-19-21-25-29-33-37-41-45-56-50(55)44-40-36-32-28-24-16-14-12-10-8-6-4-2/h19,21,38,42,47-48,52-53H,3-18,20,22-37,39-41,43-46H2,1-2H3,(H,51,54)/b21-19-,42-38+. The van der Waals surface area contributed by atoms with Gasteiger partial charge in [-0.3, -0.25) is 9.59 Å². The highest BCUT2D eigenvalue weighted by Gasteiger charge is 2.18. The molecular weight excluding hydrogens is 695 g/mol. The molecule has 2 atom stereocenters. The number of esters is 1. The van der Waals surface area contributed by atoms with E-state index < -0.39 is 12.1 Å². The highest BCUT2D eigenvalue weighted by Crippen LogP contribution is 2.15. The summed E-state index contributed by atoms with van der Waals surface area (Å²) in [5.74, 6) is -0.0955. The number of ether oxygens (including phenoxy) is 1. The van der Waals surface area contributed by atoms with Gasteiger partial charge in [-0.2, -0.15) is 0 Å². The molecule has 0 aliphatic rings. The summed E-state index contributed by atoms with van der Waals surface area (Å²) in [5.41, 5.74) is 0. The lowest BCUT2D eigenvalue weighted by atomic mass is 10.0. The van der Waals surface area contributed by atoms with Crippen LogP contribution in [0.15, 0.2) is 24.3 Å². The van der Waals surface area contributed by atoms with E-state index in [2.05, 4.69) is 31.3 Å². The summed E-state index contributed by atoms with van der Waals surface area (Å²) in [5, 5.41) is 23.0. The zero-order chi connectivity index (χ0) is 40.8. The Morgan fingerprint density at radius 2 is 0.839 bits per heavy atom. The molecule has 0 aromatic rings. The number of aliphatic hydroxyl groups is 2. The lowest BCUT2D eigenvalue weighted by molar-refractivity contribution is -0.143. The summed E-state index contributed by atoms with van der Waals surface area (Å²) in [6.07, 6.45) is 53.1. The maximum atomic E-state index is 12.4. The molecule has 1 amide bonds. The Hall–Kier alpha value is -1.66. The number of carbonyl (C=O) groups excluding carboxylic acids is 2. The van der Waals surface area contributed by atoms with Crippen LogP contribution in [0.5, 0.6) is 0 Å². The molecule has 0 rings (SSSR count). The fourth-order valence-electron chi connectivity index (χ4n) is 7.39. The summed E-state index contributed by atoms with van der Waals surface area (Å²) in [6.45, 7) is 4.85. The van der Waals surface area contributed by atoms with Crippen LogP contribution in [0.3, 0.4) is 0 Å². The second-order valence-corrected chi connectivity index (χ2v) is 16.8. The van der Waals surface area contributed by atoms with Crippen LogP contribution in [0.2, 0.25) is 0 Å². The number of amides is 1. The fraction of sp³-hybridized carbons (Fsp3) is 0.880. The minimum Gasteiger partial charge on any atom is -0.466 e. The normalized spacial score (nSPS) is 12.9. The topological polar surface area (TPSA) is 95.9 Å². The van der Waals surface area contributed by atoms with E-state index in [1.165, 1.54) is 161 Å². The minimum absolute atomic E-state index is 0.0112. The fourth-order valence-corrected chi connectivity index (χ4v) is 7.39. The molecule has 0 aromatic heterocycles. The Bertz CT molecular complexity index is 874. The number of aliphatic hydroxyl groups excluding tert-OH is 2. The van der Waals surface area contributed by atoms with E-state index in [1.54, 1.807) is 6.08 Å². The number of unbranched alkanes of at least 4 members (excludes halogenated alkanes) is 32. The minimum atomic E-state index is -0.852. The van der Waals surface area contributed by atoms with Crippen LogP contribution in [-0.4, -0.2) is 47.4 Å². The van der Waals surface area contributed by atoms with Crippen LogP contribution in [0.4, 0.5) is 0 Å². The van der Waals surface area contributed by atoms with Crippen LogP contribution in [-0.2, 0) is 14.3 Å². The third-order valence-corrected chi connectivity index (χ3v) is 11.2. The average molecular weight is 790 g/mol. The number of hydrogen-bond acceptors (Lipinski definition) is 5. The van der Waals surface area contributed by atoms with Crippen molar-refractivity contribution in [2.24, 2.45) is 0 Å². The predicted octanol–water partition coefficient (Wildman–Crippen LogP) is 14.3. The van der Waals surface area contributed by atoms with Crippen molar-refractivity contribution in [1.82, 2.24) is 5.32 Å². The van der Waals surface area contributed by atoms with Crippen LogP contribution >= 0.6 is 0 Å². The molecule has 3 N–H and O–H groups in total. The van der Waals surface area contributed by atoms with E-state index in [-0.39, 0.29) is 18.5 Å². The van der Waals surface area contributed by atoms with Gasteiger partial charge in [0.05, 0.1) is 25.4 Å². The SMILES string of the molecule is CCCCCCCCCCCC/C=C/C(O)C(CO)NC(=O)CCCCCCCCC/C=C\CCCCCCOC(=O)CCCCCCCCCCCCCC. The van der Waals surface area contributed by atoms with Crippen LogP contribution in [0, 0.1) is 0 Å². The zero-order valence-corrected chi connectivity index (χ0v) is 37.4. The van der Waals surface area contributed by atoms with Crippen molar-refractivity contribution in [2.75, 3.05) is 13.2 Å². The van der Waals surface area contributed by atoms with Gasteiger partial charge in [0.1, 0.15) is 0 Å². The Balaban J connectivity index is 3.51. The van der Waals surface area contributed by atoms with Crippen molar-refractivity contribution in [3.8, 4) is 0 Å². The molecule has 0 aliphatic heterocycles. The first-order valence-corrected chi connectivity index (χ1v) is 24.6. The van der Waals surface area contributed by atoms with Crippen molar-refractivity contribution >= 4 is 11.9 Å². The van der Waals surface area contributed by atoms with Gasteiger partial charge >= 0.3 is 5.97 Å². The monoisotopic (exact) mass is 790 g/mol. The molecular formula is C50H95NO5. The number of rotatable bonds is 45. The number of carbonyl (C=O) groups is 2. The molecule has 0 radical (unpaired) electrons. The lowest BCUT2D eigenvalue weighted by Gasteiger charge is -2.20. The quantitative estimate of drug-likeness (QED) is 0.0324. The van der Waals surface area contributed by atoms with E-state index in [9.17, 15) is 19.8 Å². The Labute approximate surface area is 348 Å². The van der Waals surface area contributed by atoms with Crippen LogP contribution in [0.25, 0.3) is 0 Å². The highest BCUT2D eigenvalue weighted by atomic mass is 16.5. The Morgan fingerprint density at radius 1 is 0.482 bits per heavy atom. The smallest absolute Gasteiger partial charge is 0.305 e. The molecule has 0 saturated heterocycles. The van der Waals surface area contributed by atoms with Crippen molar-refractivity contribution < 1.29 is 24.5 Å². The number of nitrogens with one attached hydrogen (secondary N) is 1. The highest BCUT2D eigenvalue weighted by molar-refractivity contribution is 5.76. The van der Waals surface area contributed by atoms with Crippen molar-refractivity contribution in [2.45, 2.75) is 270 Å². The maximum Gasteiger partial charge on any atom is 0.305 e. The van der Waals surface area contributed by atoms with Gasteiger partial charge in [-0.15, -0.1) is 0 Å². The molecule has 0 aromatic carbocycles. The summed E-state index contributed by atoms with van der Waals surface area (Å²) in [4.78, 5) is 24.4. The average Bonchev–Trinajstić information content (AvgIpc) is 3.20. The Kier molecular flexibility index (Phi) is 44.7. The summed E-state index contributed by atoms with van der Waals surface area (Å²) in [7, 11) is 0. The molecule has 0 spiro atoms. The molecule has 6 nitrogen and oxygen atoms in total. The van der Waals surface area contributed by atoms with E-state index in [0.29, 0.717) is 19.4 Å². The predicted molar refractivity (Wildman–Crippen MR) is 241 cm³/mol. The lowest BCUT2D eigenvalue weighted by Crippen LogP contribution is -2.45. The second-order valence-electron chi connectivity index (χ2n) is 16.8. The van der Waals surface area contributed by atoms with Crippen LogP contribution < -0.4 is 5.32 Å². The number of hydrogen-bond donors (Lipinski definition) is 3. The first-order chi connectivity index (χ1) is 27.5. The number of allylic oxidation sites excluding steroid dienone is 3. The Morgan fingerprint density at radius 3 is 1.27 bits per heavy atom. The summed E-state index contributed by atoms with van der Waals surface area (Å²) < 4.78 is 5.44. The van der Waals surface area contributed by atoms with E-state index >= 15 is 0 Å². The van der Waals surface area contributed by atoms with Gasteiger partial charge in [0, 0.05) is 12.8 Å². The third-order valence-electron chi connectivity index (χ3n) is 11.2. The van der Waals surface area contributed by atoms with Gasteiger partial charge < -0.3 is 20.3 Å². The molecule has 0 aliphatic carbocycles. The van der Waals surface area contributed by atoms with Gasteiger partial charge in [-0.05, 0) is 57.8 Å².